The Balaban J connectivity index is 1.97. The van der Waals surface area contributed by atoms with Crippen LogP contribution >= 0.6 is 0 Å². The number of aryl methyl sites for hydroxylation is 2. The number of hydrogen-bond acceptors (Lipinski definition) is 4. The van der Waals surface area contributed by atoms with Crippen LogP contribution in [0.1, 0.15) is 35.7 Å². The number of sulfonamides is 1. The summed E-state index contributed by atoms with van der Waals surface area (Å²) < 4.78 is 27.7. The maximum atomic E-state index is 13.1. The summed E-state index contributed by atoms with van der Waals surface area (Å²) in [5.74, 6) is 0.794. The maximum Gasteiger partial charge on any atom is 0.243 e. The number of nitrogens with one attached hydrogen (secondary N) is 1. The Kier molecular flexibility index (Phi) is 4.60. The van der Waals surface area contributed by atoms with Gasteiger partial charge in [0.1, 0.15) is 5.82 Å². The molecule has 1 aromatic carbocycles. The Hall–Kier alpha value is -1.92. The summed E-state index contributed by atoms with van der Waals surface area (Å²) in [7, 11) is -1.67. The zero-order valence-corrected chi connectivity index (χ0v) is 15.1. The molecule has 24 heavy (non-hydrogen) atoms. The topological polar surface area (TPSA) is 62.3 Å². The van der Waals surface area contributed by atoms with Crippen molar-refractivity contribution < 1.29 is 8.42 Å². The number of aromatic nitrogens is 1. The molecule has 1 N–H and O–H groups in total. The number of anilines is 1. The van der Waals surface area contributed by atoms with Gasteiger partial charge in [0, 0.05) is 19.3 Å². The lowest BCUT2D eigenvalue weighted by Crippen LogP contribution is -2.31. The van der Waals surface area contributed by atoms with Gasteiger partial charge in [0.2, 0.25) is 10.0 Å². The molecule has 0 spiro atoms. The summed E-state index contributed by atoms with van der Waals surface area (Å²) >= 11 is 0. The van der Waals surface area contributed by atoms with E-state index in [0.29, 0.717) is 11.4 Å². The van der Waals surface area contributed by atoms with Crippen molar-refractivity contribution >= 4 is 15.8 Å². The van der Waals surface area contributed by atoms with Crippen LogP contribution in [0.15, 0.2) is 41.3 Å². The first-order valence-corrected chi connectivity index (χ1v) is 9.61. The van der Waals surface area contributed by atoms with Gasteiger partial charge in [0.25, 0.3) is 0 Å². The molecule has 1 aromatic heterocycles. The maximum absolute atomic E-state index is 13.1. The first kappa shape index (κ1) is 16.9. The standard InChI is InChI=1S/C18H23N3O2S/c1-13-6-8-15(9-7-13)24(22,23)21-12-4-5-17(21)16-10-11-18(19-3)20-14(16)2/h6-11,17H,4-5,12H2,1-3H3,(H,19,20)/t17-/m0/s1. The lowest BCUT2D eigenvalue weighted by molar-refractivity contribution is 0.395. The van der Waals surface area contributed by atoms with Crippen LogP contribution in [0.4, 0.5) is 5.82 Å². The second-order valence-electron chi connectivity index (χ2n) is 6.21. The van der Waals surface area contributed by atoms with Gasteiger partial charge in [0.05, 0.1) is 10.9 Å². The van der Waals surface area contributed by atoms with Crippen molar-refractivity contribution in [2.24, 2.45) is 0 Å². The zero-order valence-electron chi connectivity index (χ0n) is 14.3. The van der Waals surface area contributed by atoms with Crippen molar-refractivity contribution in [1.29, 1.82) is 0 Å². The fourth-order valence-electron chi connectivity index (χ4n) is 3.25. The molecule has 0 amide bonds. The van der Waals surface area contributed by atoms with E-state index in [0.717, 1.165) is 35.5 Å². The van der Waals surface area contributed by atoms with E-state index in [1.807, 2.05) is 45.2 Å². The Morgan fingerprint density at radius 1 is 1.12 bits per heavy atom. The first-order chi connectivity index (χ1) is 11.4. The van der Waals surface area contributed by atoms with Crippen molar-refractivity contribution in [3.05, 3.63) is 53.2 Å². The van der Waals surface area contributed by atoms with E-state index in [2.05, 4.69) is 10.3 Å². The van der Waals surface area contributed by atoms with Gasteiger partial charge in [-0.15, -0.1) is 0 Å². The summed E-state index contributed by atoms with van der Waals surface area (Å²) in [6.45, 7) is 4.44. The molecule has 5 nitrogen and oxygen atoms in total. The molecule has 1 aliphatic heterocycles. The summed E-state index contributed by atoms with van der Waals surface area (Å²) in [6, 6.07) is 10.8. The molecule has 1 fully saturated rings. The van der Waals surface area contributed by atoms with Gasteiger partial charge in [-0.3, -0.25) is 0 Å². The molecule has 0 bridgehead atoms. The van der Waals surface area contributed by atoms with Crippen LogP contribution in [0.25, 0.3) is 0 Å². The minimum Gasteiger partial charge on any atom is -0.373 e. The Morgan fingerprint density at radius 2 is 1.83 bits per heavy atom. The third kappa shape index (κ3) is 3.03. The number of rotatable bonds is 4. The second-order valence-corrected chi connectivity index (χ2v) is 8.10. The first-order valence-electron chi connectivity index (χ1n) is 8.17. The van der Waals surface area contributed by atoms with Crippen LogP contribution in [-0.2, 0) is 10.0 Å². The van der Waals surface area contributed by atoms with E-state index in [1.165, 1.54) is 0 Å². The highest BCUT2D eigenvalue weighted by molar-refractivity contribution is 7.89. The van der Waals surface area contributed by atoms with Crippen LogP contribution in [0, 0.1) is 13.8 Å². The molecule has 0 saturated carbocycles. The summed E-state index contributed by atoms with van der Waals surface area (Å²) in [6.07, 6.45) is 1.69. The fourth-order valence-corrected chi connectivity index (χ4v) is 4.92. The van der Waals surface area contributed by atoms with Crippen LogP contribution in [0.3, 0.4) is 0 Å². The van der Waals surface area contributed by atoms with Gasteiger partial charge in [-0.2, -0.15) is 4.31 Å². The third-order valence-electron chi connectivity index (χ3n) is 4.57. The summed E-state index contributed by atoms with van der Waals surface area (Å²) in [4.78, 5) is 4.86. The van der Waals surface area contributed by atoms with E-state index in [1.54, 1.807) is 16.4 Å². The molecule has 128 valence electrons. The van der Waals surface area contributed by atoms with E-state index in [4.69, 9.17) is 0 Å². The molecule has 0 radical (unpaired) electrons. The van der Waals surface area contributed by atoms with E-state index in [-0.39, 0.29) is 6.04 Å². The molecule has 1 saturated heterocycles. The molecule has 0 unspecified atom stereocenters. The van der Waals surface area contributed by atoms with Crippen molar-refractivity contribution in [1.82, 2.24) is 9.29 Å². The minimum absolute atomic E-state index is 0.144. The van der Waals surface area contributed by atoms with Gasteiger partial charge >= 0.3 is 0 Å². The zero-order chi connectivity index (χ0) is 17.3. The van der Waals surface area contributed by atoms with E-state index in [9.17, 15) is 8.42 Å². The average molecular weight is 345 g/mol. The van der Waals surface area contributed by atoms with Crippen molar-refractivity contribution in [2.75, 3.05) is 18.9 Å². The number of benzene rings is 1. The van der Waals surface area contributed by atoms with Crippen molar-refractivity contribution in [3.8, 4) is 0 Å². The SMILES string of the molecule is CNc1ccc([C@@H]2CCCN2S(=O)(=O)c2ccc(C)cc2)c(C)n1. The van der Waals surface area contributed by atoms with Gasteiger partial charge in [-0.25, -0.2) is 13.4 Å². The second kappa shape index (κ2) is 6.53. The van der Waals surface area contributed by atoms with Gasteiger partial charge in [0.15, 0.2) is 0 Å². The van der Waals surface area contributed by atoms with Crippen LogP contribution in [0.2, 0.25) is 0 Å². The summed E-state index contributed by atoms with van der Waals surface area (Å²) in [5, 5.41) is 3.02. The Labute approximate surface area is 143 Å². The average Bonchev–Trinajstić information content (AvgIpc) is 3.05. The predicted molar refractivity (Wildman–Crippen MR) is 95.6 cm³/mol. The fraction of sp³-hybridized carbons (Fsp3) is 0.389. The van der Waals surface area contributed by atoms with Gasteiger partial charge in [-0.05, 0) is 50.5 Å². The highest BCUT2D eigenvalue weighted by Crippen LogP contribution is 2.37. The van der Waals surface area contributed by atoms with Crippen molar-refractivity contribution in [2.45, 2.75) is 37.6 Å². The smallest absolute Gasteiger partial charge is 0.243 e. The predicted octanol–water partition coefficient (Wildman–Crippen LogP) is 3.27. The number of nitrogens with zero attached hydrogens (tertiary/aromatic N) is 2. The monoisotopic (exact) mass is 345 g/mol. The number of pyridine rings is 1. The van der Waals surface area contributed by atoms with Crippen LogP contribution < -0.4 is 5.32 Å². The number of hydrogen-bond donors (Lipinski definition) is 1. The minimum atomic E-state index is -3.50. The Morgan fingerprint density at radius 3 is 2.46 bits per heavy atom. The van der Waals surface area contributed by atoms with Crippen LogP contribution in [0.5, 0.6) is 0 Å². The molecule has 0 aliphatic carbocycles. The third-order valence-corrected chi connectivity index (χ3v) is 6.50. The highest BCUT2D eigenvalue weighted by atomic mass is 32.2. The lowest BCUT2D eigenvalue weighted by Gasteiger charge is -2.25. The molecule has 2 heterocycles. The quantitative estimate of drug-likeness (QED) is 0.924. The molecule has 6 heteroatoms. The molecule has 1 aliphatic rings. The molecule has 3 rings (SSSR count). The van der Waals surface area contributed by atoms with Gasteiger partial charge in [-0.1, -0.05) is 23.8 Å². The largest absolute Gasteiger partial charge is 0.373 e. The van der Waals surface area contributed by atoms with Crippen LogP contribution in [-0.4, -0.2) is 31.3 Å². The molecular weight excluding hydrogens is 322 g/mol. The van der Waals surface area contributed by atoms with Gasteiger partial charge < -0.3 is 5.32 Å². The van der Waals surface area contributed by atoms with E-state index < -0.39 is 10.0 Å². The lowest BCUT2D eigenvalue weighted by atomic mass is 10.0. The van der Waals surface area contributed by atoms with E-state index >= 15 is 0 Å². The highest BCUT2D eigenvalue weighted by Gasteiger charge is 2.37. The Bertz CT molecular complexity index is 832. The molecular formula is C18H23N3O2S. The normalized spacial score (nSPS) is 18.7. The summed E-state index contributed by atoms with van der Waals surface area (Å²) in [5.41, 5.74) is 2.91. The molecule has 1 atom stereocenters. The molecule has 2 aromatic rings. The van der Waals surface area contributed by atoms with Crippen molar-refractivity contribution in [3.63, 3.8) is 0 Å².